The monoisotopic (exact) mass is 372 g/mol. The number of benzene rings is 1. The van der Waals surface area contributed by atoms with Crippen molar-refractivity contribution in [1.29, 1.82) is 0 Å². The first kappa shape index (κ1) is 17.8. The van der Waals surface area contributed by atoms with Gasteiger partial charge in [0, 0.05) is 50.6 Å². The van der Waals surface area contributed by atoms with Gasteiger partial charge in [-0.3, -0.25) is 15.0 Å². The summed E-state index contributed by atoms with van der Waals surface area (Å²) < 4.78 is 10.7. The van der Waals surface area contributed by atoms with E-state index in [0.29, 0.717) is 12.3 Å². The van der Waals surface area contributed by atoms with Crippen LogP contribution in [0.2, 0.25) is 0 Å². The Morgan fingerprint density at radius 3 is 2.00 bits per heavy atom. The van der Waals surface area contributed by atoms with E-state index in [1.807, 2.05) is 0 Å². The van der Waals surface area contributed by atoms with Crippen LogP contribution < -0.4 is 9.80 Å². The molecule has 0 N–H and O–H groups in total. The third kappa shape index (κ3) is 4.23. The molecule has 0 unspecified atom stereocenters. The molecule has 144 valence electrons. The second kappa shape index (κ2) is 7.98. The third-order valence-electron chi connectivity index (χ3n) is 5.17. The minimum absolute atomic E-state index is 0.191. The number of hydrogen-bond acceptors (Lipinski definition) is 7. The molecule has 27 heavy (non-hydrogen) atoms. The zero-order valence-corrected chi connectivity index (χ0v) is 15.2. The molecule has 0 aliphatic carbocycles. The van der Waals surface area contributed by atoms with Gasteiger partial charge in [0.2, 0.25) is 0 Å². The van der Waals surface area contributed by atoms with Crippen LogP contribution >= 0.6 is 0 Å². The van der Waals surface area contributed by atoms with Gasteiger partial charge in [-0.1, -0.05) is 0 Å². The lowest BCUT2D eigenvalue weighted by molar-refractivity contribution is -0.402. The molecular formula is C19H24N4O4. The van der Waals surface area contributed by atoms with Crippen molar-refractivity contribution < 1.29 is 14.1 Å². The lowest BCUT2D eigenvalue weighted by Crippen LogP contribution is -2.45. The van der Waals surface area contributed by atoms with Gasteiger partial charge in [-0.05, 0) is 30.3 Å². The average Bonchev–Trinajstić information content (AvgIpc) is 3.18. The highest BCUT2D eigenvalue weighted by molar-refractivity contribution is 5.56. The van der Waals surface area contributed by atoms with E-state index in [9.17, 15) is 10.1 Å². The second-order valence-corrected chi connectivity index (χ2v) is 6.88. The number of hydrogen-bond donors (Lipinski definition) is 0. The minimum Gasteiger partial charge on any atom is -0.404 e. The molecule has 2 saturated heterocycles. The van der Waals surface area contributed by atoms with Crippen molar-refractivity contribution in [1.82, 2.24) is 4.90 Å². The van der Waals surface area contributed by atoms with Crippen LogP contribution in [0.3, 0.4) is 0 Å². The van der Waals surface area contributed by atoms with Crippen molar-refractivity contribution in [2.45, 2.75) is 6.54 Å². The van der Waals surface area contributed by atoms with Crippen molar-refractivity contribution in [3.05, 3.63) is 52.3 Å². The van der Waals surface area contributed by atoms with Crippen LogP contribution in [0.25, 0.3) is 0 Å². The SMILES string of the molecule is O=[N+]([O-])c1ccc(CN2CCN(c3ccc(N4CCOCC4)cc3)CC2)o1. The van der Waals surface area contributed by atoms with Crippen LogP contribution in [-0.4, -0.2) is 62.3 Å². The fourth-order valence-electron chi connectivity index (χ4n) is 3.63. The standard InChI is InChI=1S/C19H24N4O4/c24-23(25)19-6-5-18(27-19)15-20-7-9-21(10-8-20)16-1-3-17(4-2-16)22-11-13-26-14-12-22/h1-6H,7-15H2. The maximum absolute atomic E-state index is 10.7. The molecule has 4 rings (SSSR count). The third-order valence-corrected chi connectivity index (χ3v) is 5.17. The van der Waals surface area contributed by atoms with Gasteiger partial charge in [0.25, 0.3) is 0 Å². The molecule has 2 fully saturated rings. The predicted octanol–water partition coefficient (Wildman–Crippen LogP) is 2.35. The summed E-state index contributed by atoms with van der Waals surface area (Å²) in [5, 5.41) is 10.7. The van der Waals surface area contributed by atoms with Crippen LogP contribution in [-0.2, 0) is 11.3 Å². The molecule has 8 heteroatoms. The van der Waals surface area contributed by atoms with Gasteiger partial charge >= 0.3 is 5.88 Å². The molecule has 1 aromatic carbocycles. The fraction of sp³-hybridized carbons (Fsp3) is 0.474. The van der Waals surface area contributed by atoms with E-state index in [4.69, 9.17) is 9.15 Å². The van der Waals surface area contributed by atoms with Crippen LogP contribution in [0.5, 0.6) is 0 Å². The van der Waals surface area contributed by atoms with Crippen molar-refractivity contribution in [3.8, 4) is 0 Å². The predicted molar refractivity (Wildman–Crippen MR) is 102 cm³/mol. The largest absolute Gasteiger partial charge is 0.433 e. The first-order valence-corrected chi connectivity index (χ1v) is 9.32. The number of anilines is 2. The van der Waals surface area contributed by atoms with Crippen molar-refractivity contribution in [2.75, 3.05) is 62.3 Å². The Balaban J connectivity index is 1.30. The first-order chi connectivity index (χ1) is 13.2. The van der Waals surface area contributed by atoms with Crippen molar-refractivity contribution in [2.24, 2.45) is 0 Å². The number of rotatable bonds is 5. The molecule has 2 aliphatic heterocycles. The lowest BCUT2D eigenvalue weighted by atomic mass is 10.2. The molecule has 0 spiro atoms. The zero-order chi connectivity index (χ0) is 18.6. The number of piperazine rings is 1. The Labute approximate surface area is 158 Å². The lowest BCUT2D eigenvalue weighted by Gasteiger charge is -2.36. The summed E-state index contributed by atoms with van der Waals surface area (Å²) in [7, 11) is 0. The summed E-state index contributed by atoms with van der Waals surface area (Å²) >= 11 is 0. The normalized spacial score (nSPS) is 18.7. The fourth-order valence-corrected chi connectivity index (χ4v) is 3.63. The Kier molecular flexibility index (Phi) is 5.26. The Hall–Kier alpha value is -2.58. The van der Waals surface area contributed by atoms with Crippen LogP contribution in [0.4, 0.5) is 17.3 Å². The quantitative estimate of drug-likeness (QED) is 0.589. The molecule has 2 aliphatic rings. The molecule has 0 amide bonds. The van der Waals surface area contributed by atoms with E-state index in [1.165, 1.54) is 17.4 Å². The minimum atomic E-state index is -0.498. The van der Waals surface area contributed by atoms with Gasteiger partial charge in [-0.25, -0.2) is 0 Å². The maximum Gasteiger partial charge on any atom is 0.433 e. The smallest absolute Gasteiger partial charge is 0.404 e. The maximum atomic E-state index is 10.7. The number of ether oxygens (including phenoxy) is 1. The van der Waals surface area contributed by atoms with E-state index >= 15 is 0 Å². The van der Waals surface area contributed by atoms with Gasteiger partial charge in [0.1, 0.15) is 10.7 Å². The summed E-state index contributed by atoms with van der Waals surface area (Å²) in [6.45, 7) is 7.76. The van der Waals surface area contributed by atoms with E-state index < -0.39 is 4.92 Å². The van der Waals surface area contributed by atoms with Gasteiger partial charge in [0.15, 0.2) is 0 Å². The highest BCUT2D eigenvalue weighted by atomic mass is 16.6. The van der Waals surface area contributed by atoms with E-state index in [2.05, 4.69) is 39.0 Å². The van der Waals surface area contributed by atoms with Crippen LogP contribution in [0.1, 0.15) is 5.76 Å². The van der Waals surface area contributed by atoms with Crippen molar-refractivity contribution in [3.63, 3.8) is 0 Å². The van der Waals surface area contributed by atoms with Gasteiger partial charge in [0.05, 0.1) is 25.8 Å². The number of furan rings is 1. The van der Waals surface area contributed by atoms with E-state index in [1.54, 1.807) is 6.07 Å². The summed E-state index contributed by atoms with van der Waals surface area (Å²) in [4.78, 5) is 17.2. The molecule has 0 atom stereocenters. The van der Waals surface area contributed by atoms with Crippen molar-refractivity contribution >= 4 is 17.3 Å². The van der Waals surface area contributed by atoms with Gasteiger partial charge < -0.3 is 19.0 Å². The highest BCUT2D eigenvalue weighted by Crippen LogP contribution is 2.23. The topological polar surface area (TPSA) is 75.2 Å². The number of nitro groups is 1. The van der Waals surface area contributed by atoms with Gasteiger partial charge in [-0.15, -0.1) is 0 Å². The summed E-state index contributed by atoms with van der Waals surface area (Å²) in [6.07, 6.45) is 0. The summed E-state index contributed by atoms with van der Waals surface area (Å²) in [5.41, 5.74) is 2.49. The molecule has 1 aromatic heterocycles. The van der Waals surface area contributed by atoms with Crippen LogP contribution in [0, 0.1) is 10.1 Å². The van der Waals surface area contributed by atoms with E-state index in [0.717, 1.165) is 52.5 Å². The molecule has 0 bridgehead atoms. The van der Waals surface area contributed by atoms with Crippen LogP contribution in [0.15, 0.2) is 40.8 Å². The molecule has 0 saturated carbocycles. The zero-order valence-electron chi connectivity index (χ0n) is 15.2. The molecule has 2 aromatic rings. The average molecular weight is 372 g/mol. The Morgan fingerprint density at radius 1 is 0.852 bits per heavy atom. The molecule has 8 nitrogen and oxygen atoms in total. The number of morpholine rings is 1. The summed E-state index contributed by atoms with van der Waals surface area (Å²) in [6, 6.07) is 11.9. The highest BCUT2D eigenvalue weighted by Gasteiger charge is 2.20. The van der Waals surface area contributed by atoms with Gasteiger partial charge in [-0.2, -0.15) is 0 Å². The molecule has 3 heterocycles. The number of nitrogens with zero attached hydrogens (tertiary/aromatic N) is 4. The van der Waals surface area contributed by atoms with E-state index in [-0.39, 0.29) is 5.88 Å². The molecular weight excluding hydrogens is 348 g/mol. The Bertz CT molecular complexity index is 762. The summed E-state index contributed by atoms with van der Waals surface area (Å²) in [5.74, 6) is 0.453. The first-order valence-electron chi connectivity index (χ1n) is 9.32. The Morgan fingerprint density at radius 2 is 1.44 bits per heavy atom. The molecule has 0 radical (unpaired) electrons. The second-order valence-electron chi connectivity index (χ2n) is 6.88.